The van der Waals surface area contributed by atoms with E-state index in [-0.39, 0.29) is 18.4 Å². The summed E-state index contributed by atoms with van der Waals surface area (Å²) < 4.78 is 5.68. The number of rotatable bonds is 3. The highest BCUT2D eigenvalue weighted by molar-refractivity contribution is 9.10. The highest BCUT2D eigenvalue weighted by Crippen LogP contribution is 2.16. The quantitative estimate of drug-likeness (QED) is 0.754. The molecule has 1 aromatic rings. The number of hydrogen-bond donors (Lipinski definition) is 0. The Bertz CT molecular complexity index is 583. The Labute approximate surface area is 137 Å². The van der Waals surface area contributed by atoms with Crippen molar-refractivity contribution in [1.82, 2.24) is 9.80 Å². The summed E-state index contributed by atoms with van der Waals surface area (Å²) in [5.41, 5.74) is 0.386. The van der Waals surface area contributed by atoms with Gasteiger partial charge in [-0.1, -0.05) is 12.1 Å². The molecule has 0 bridgehead atoms. The molecule has 0 aliphatic carbocycles. The van der Waals surface area contributed by atoms with Crippen LogP contribution < -0.4 is 0 Å². The number of benzene rings is 1. The molecule has 1 saturated heterocycles. The fourth-order valence-electron chi connectivity index (χ4n) is 2.19. The average Bonchev–Trinajstić information content (AvgIpc) is 2.52. The van der Waals surface area contributed by atoms with Crippen molar-refractivity contribution in [2.45, 2.75) is 6.92 Å². The van der Waals surface area contributed by atoms with Gasteiger partial charge in [-0.25, -0.2) is 4.79 Å². The van der Waals surface area contributed by atoms with Crippen molar-refractivity contribution in [2.24, 2.45) is 0 Å². The molecule has 0 atom stereocenters. The number of piperazine rings is 1. The molecule has 7 heteroatoms. The van der Waals surface area contributed by atoms with E-state index in [1.54, 1.807) is 34.1 Å². The Morgan fingerprint density at radius 2 is 1.68 bits per heavy atom. The number of halogens is 1. The third-order valence-electron chi connectivity index (χ3n) is 3.50. The van der Waals surface area contributed by atoms with E-state index in [0.717, 1.165) is 0 Å². The minimum atomic E-state index is -0.539. The number of nitrogens with zero attached hydrogens (tertiary/aromatic N) is 2. The average molecular weight is 369 g/mol. The first kappa shape index (κ1) is 16.5. The van der Waals surface area contributed by atoms with Crippen molar-refractivity contribution in [3.63, 3.8) is 0 Å². The van der Waals surface area contributed by atoms with Crippen molar-refractivity contribution in [3.05, 3.63) is 34.3 Å². The normalized spacial score (nSPS) is 14.6. The third kappa shape index (κ3) is 4.07. The van der Waals surface area contributed by atoms with Crippen LogP contribution in [0.3, 0.4) is 0 Å². The van der Waals surface area contributed by atoms with Crippen molar-refractivity contribution in [3.8, 4) is 0 Å². The summed E-state index contributed by atoms with van der Waals surface area (Å²) in [5, 5.41) is 0. The smallest absolute Gasteiger partial charge is 0.339 e. The van der Waals surface area contributed by atoms with E-state index >= 15 is 0 Å². The maximum atomic E-state index is 12.0. The molecule has 6 nitrogen and oxygen atoms in total. The highest BCUT2D eigenvalue weighted by Gasteiger charge is 2.23. The molecule has 0 aromatic heterocycles. The molecule has 118 valence electrons. The zero-order valence-corrected chi connectivity index (χ0v) is 13.8. The molecule has 0 spiro atoms. The van der Waals surface area contributed by atoms with Crippen LogP contribution in [0.1, 0.15) is 17.3 Å². The largest absolute Gasteiger partial charge is 0.452 e. The van der Waals surface area contributed by atoms with Gasteiger partial charge in [-0.3, -0.25) is 9.59 Å². The maximum absolute atomic E-state index is 12.0. The number of ether oxygens (including phenoxy) is 1. The Kier molecular flexibility index (Phi) is 5.54. The van der Waals surface area contributed by atoms with E-state index in [4.69, 9.17) is 4.74 Å². The second-order valence-corrected chi connectivity index (χ2v) is 5.80. The lowest BCUT2D eigenvalue weighted by Gasteiger charge is -2.34. The maximum Gasteiger partial charge on any atom is 0.339 e. The minimum Gasteiger partial charge on any atom is -0.452 e. The third-order valence-corrected chi connectivity index (χ3v) is 4.19. The van der Waals surface area contributed by atoms with Gasteiger partial charge in [-0.05, 0) is 28.1 Å². The fraction of sp³-hybridized carbons (Fsp3) is 0.400. The predicted octanol–water partition coefficient (Wildman–Crippen LogP) is 1.30. The van der Waals surface area contributed by atoms with Crippen LogP contribution in [0.5, 0.6) is 0 Å². The number of carbonyl (C=O) groups excluding carboxylic acids is 3. The molecule has 2 rings (SSSR count). The van der Waals surface area contributed by atoms with Crippen molar-refractivity contribution in [1.29, 1.82) is 0 Å². The molecule has 1 heterocycles. The van der Waals surface area contributed by atoms with E-state index < -0.39 is 5.97 Å². The molecule has 0 radical (unpaired) electrons. The van der Waals surface area contributed by atoms with Gasteiger partial charge >= 0.3 is 5.97 Å². The van der Waals surface area contributed by atoms with Gasteiger partial charge in [0.15, 0.2) is 6.61 Å². The molecular formula is C15H17BrN2O4. The Hall–Kier alpha value is -1.89. The van der Waals surface area contributed by atoms with E-state index in [0.29, 0.717) is 36.2 Å². The van der Waals surface area contributed by atoms with Crippen LogP contribution in [0.15, 0.2) is 28.7 Å². The Morgan fingerprint density at radius 1 is 1.09 bits per heavy atom. The minimum absolute atomic E-state index is 0.00690. The van der Waals surface area contributed by atoms with Gasteiger partial charge < -0.3 is 14.5 Å². The SMILES string of the molecule is CC(=O)N1CCN(C(=O)COC(=O)c2ccccc2Br)CC1. The summed E-state index contributed by atoms with van der Waals surface area (Å²) in [6.07, 6.45) is 0. The predicted molar refractivity (Wildman–Crippen MR) is 83.3 cm³/mol. The first-order valence-electron chi connectivity index (χ1n) is 6.94. The van der Waals surface area contributed by atoms with Crippen LogP contribution in [0.25, 0.3) is 0 Å². The summed E-state index contributed by atoms with van der Waals surface area (Å²) >= 11 is 3.27. The van der Waals surface area contributed by atoms with Crippen LogP contribution in [0.2, 0.25) is 0 Å². The highest BCUT2D eigenvalue weighted by atomic mass is 79.9. The molecular weight excluding hydrogens is 352 g/mol. The van der Waals surface area contributed by atoms with Gasteiger partial charge in [0.25, 0.3) is 5.91 Å². The number of hydrogen-bond acceptors (Lipinski definition) is 4. The van der Waals surface area contributed by atoms with Gasteiger partial charge in [0, 0.05) is 37.6 Å². The first-order valence-corrected chi connectivity index (χ1v) is 7.73. The molecule has 1 aliphatic rings. The monoisotopic (exact) mass is 368 g/mol. The number of carbonyl (C=O) groups is 3. The molecule has 0 unspecified atom stereocenters. The topological polar surface area (TPSA) is 66.9 Å². The standard InChI is InChI=1S/C15H17BrN2O4/c1-11(19)17-6-8-18(9-7-17)14(20)10-22-15(21)12-4-2-3-5-13(12)16/h2-5H,6-10H2,1H3. The fourth-order valence-corrected chi connectivity index (χ4v) is 2.64. The van der Waals surface area contributed by atoms with Crippen molar-refractivity contribution >= 4 is 33.7 Å². The first-order chi connectivity index (χ1) is 10.5. The van der Waals surface area contributed by atoms with Gasteiger partial charge in [0.1, 0.15) is 0 Å². The molecule has 1 aromatic carbocycles. The van der Waals surface area contributed by atoms with Gasteiger partial charge in [-0.15, -0.1) is 0 Å². The van der Waals surface area contributed by atoms with Gasteiger partial charge in [0.05, 0.1) is 5.56 Å². The lowest BCUT2D eigenvalue weighted by molar-refractivity contribution is -0.140. The molecule has 1 fully saturated rings. The molecule has 0 N–H and O–H groups in total. The second kappa shape index (κ2) is 7.40. The van der Waals surface area contributed by atoms with E-state index in [1.807, 2.05) is 0 Å². The van der Waals surface area contributed by atoms with Crippen LogP contribution in [0, 0.1) is 0 Å². The number of esters is 1. The second-order valence-electron chi connectivity index (χ2n) is 4.94. The summed E-state index contributed by atoms with van der Waals surface area (Å²) in [7, 11) is 0. The van der Waals surface area contributed by atoms with Crippen molar-refractivity contribution < 1.29 is 19.1 Å². The summed E-state index contributed by atoms with van der Waals surface area (Å²) in [6.45, 7) is 3.17. The Balaban J connectivity index is 1.82. The van der Waals surface area contributed by atoms with E-state index in [2.05, 4.69) is 15.9 Å². The molecule has 0 saturated carbocycles. The number of amides is 2. The lowest BCUT2D eigenvalue weighted by Crippen LogP contribution is -2.51. The van der Waals surface area contributed by atoms with E-state index in [9.17, 15) is 14.4 Å². The molecule has 2 amide bonds. The molecule has 1 aliphatic heterocycles. The molecule has 22 heavy (non-hydrogen) atoms. The summed E-state index contributed by atoms with van der Waals surface area (Å²) in [4.78, 5) is 38.5. The summed E-state index contributed by atoms with van der Waals surface area (Å²) in [6, 6.07) is 6.88. The van der Waals surface area contributed by atoms with E-state index in [1.165, 1.54) is 6.92 Å². The van der Waals surface area contributed by atoms with Crippen LogP contribution in [-0.4, -0.2) is 60.4 Å². The van der Waals surface area contributed by atoms with Gasteiger partial charge in [-0.2, -0.15) is 0 Å². The van der Waals surface area contributed by atoms with Crippen LogP contribution in [-0.2, 0) is 14.3 Å². The Morgan fingerprint density at radius 3 is 2.27 bits per heavy atom. The zero-order valence-electron chi connectivity index (χ0n) is 12.3. The zero-order chi connectivity index (χ0) is 16.1. The lowest BCUT2D eigenvalue weighted by atomic mass is 10.2. The van der Waals surface area contributed by atoms with Crippen LogP contribution in [0.4, 0.5) is 0 Å². The van der Waals surface area contributed by atoms with Crippen LogP contribution >= 0.6 is 15.9 Å². The van der Waals surface area contributed by atoms with Crippen molar-refractivity contribution in [2.75, 3.05) is 32.8 Å². The summed E-state index contributed by atoms with van der Waals surface area (Å²) in [5.74, 6) is -0.778. The van der Waals surface area contributed by atoms with Gasteiger partial charge in [0.2, 0.25) is 5.91 Å².